The monoisotopic (exact) mass is 412 g/mol. The average molecular weight is 412 g/mol. The lowest BCUT2D eigenvalue weighted by Crippen LogP contribution is -2.24. The van der Waals surface area contributed by atoms with E-state index in [9.17, 15) is 4.79 Å². The Balaban J connectivity index is 1.71. The minimum Gasteiger partial charge on any atom is -0.496 e. The molecule has 2 aromatic carbocycles. The van der Waals surface area contributed by atoms with Crippen LogP contribution in [0.5, 0.6) is 5.75 Å². The van der Waals surface area contributed by atoms with Crippen molar-refractivity contribution < 1.29 is 9.53 Å². The number of nitrogens with zero attached hydrogens (tertiary/aromatic N) is 4. The van der Waals surface area contributed by atoms with E-state index in [1.165, 1.54) is 0 Å². The number of fused-ring (bicyclic) bond motifs is 3. The Morgan fingerprint density at radius 2 is 1.74 bits per heavy atom. The molecule has 0 saturated heterocycles. The third kappa shape index (κ3) is 3.19. The van der Waals surface area contributed by atoms with Crippen molar-refractivity contribution in [1.82, 2.24) is 19.8 Å². The maximum absolute atomic E-state index is 13.0. The molecule has 0 spiro atoms. The molecule has 0 aliphatic heterocycles. The van der Waals surface area contributed by atoms with Crippen LogP contribution in [0.4, 0.5) is 0 Å². The van der Waals surface area contributed by atoms with Gasteiger partial charge in [-0.25, -0.2) is 4.52 Å². The predicted octanol–water partition coefficient (Wildman–Crippen LogP) is 4.84. The fourth-order valence-corrected chi connectivity index (χ4v) is 4.50. The van der Waals surface area contributed by atoms with E-state index < -0.39 is 0 Å². The topological polar surface area (TPSA) is 69.4 Å². The number of ketones is 1. The lowest BCUT2D eigenvalue weighted by atomic mass is 9.83. The quantitative estimate of drug-likeness (QED) is 0.480. The van der Waals surface area contributed by atoms with E-state index in [2.05, 4.69) is 36.2 Å². The van der Waals surface area contributed by atoms with Crippen molar-refractivity contribution >= 4 is 11.4 Å². The number of hydrogen-bond donors (Lipinski definition) is 0. The highest BCUT2D eigenvalue weighted by Gasteiger charge is 2.33. The van der Waals surface area contributed by atoms with Crippen molar-refractivity contribution in [2.75, 3.05) is 7.11 Å². The molecule has 1 aliphatic rings. The summed E-state index contributed by atoms with van der Waals surface area (Å²) in [4.78, 5) is 13.0. The summed E-state index contributed by atoms with van der Waals surface area (Å²) in [5, 5.41) is 13.8. The predicted molar refractivity (Wildman–Crippen MR) is 119 cm³/mol. The Bertz CT molecular complexity index is 1280. The van der Waals surface area contributed by atoms with E-state index >= 15 is 0 Å². The van der Waals surface area contributed by atoms with Gasteiger partial charge in [-0.2, -0.15) is 5.10 Å². The molecule has 1 atom stereocenters. The van der Waals surface area contributed by atoms with E-state index in [-0.39, 0.29) is 17.6 Å². The molecule has 0 saturated carbocycles. The van der Waals surface area contributed by atoms with Gasteiger partial charge in [0.05, 0.1) is 24.1 Å². The van der Waals surface area contributed by atoms with E-state index in [4.69, 9.17) is 9.84 Å². The fraction of sp³-hybridized carbons (Fsp3) is 0.280. The molecule has 6 nitrogen and oxygen atoms in total. The number of hydrogen-bond acceptors (Lipinski definition) is 5. The van der Waals surface area contributed by atoms with Gasteiger partial charge in [0.2, 0.25) is 0 Å². The first-order valence-corrected chi connectivity index (χ1v) is 10.6. The molecule has 0 bridgehead atoms. The number of aromatic nitrogens is 4. The highest BCUT2D eigenvalue weighted by Crippen LogP contribution is 2.38. The molecule has 156 valence electrons. The molecular formula is C25H24N4O2. The Labute approximate surface area is 180 Å². The molecule has 6 heteroatoms. The summed E-state index contributed by atoms with van der Waals surface area (Å²) in [6.45, 7) is 4.24. The molecule has 0 radical (unpaired) electrons. The van der Waals surface area contributed by atoms with Crippen LogP contribution in [0, 0.1) is 0 Å². The van der Waals surface area contributed by atoms with Gasteiger partial charge in [0.15, 0.2) is 17.1 Å². The van der Waals surface area contributed by atoms with Crippen LogP contribution in [0.1, 0.15) is 59.5 Å². The van der Waals surface area contributed by atoms with Crippen LogP contribution < -0.4 is 4.74 Å². The second-order valence-corrected chi connectivity index (χ2v) is 8.28. The van der Waals surface area contributed by atoms with Crippen LogP contribution in [0.2, 0.25) is 0 Å². The number of methoxy groups -OCH3 is 1. The van der Waals surface area contributed by atoms with Crippen molar-refractivity contribution in [3.63, 3.8) is 0 Å². The Kier molecular flexibility index (Phi) is 4.77. The van der Waals surface area contributed by atoms with Gasteiger partial charge in [0.25, 0.3) is 0 Å². The van der Waals surface area contributed by atoms with Gasteiger partial charge >= 0.3 is 0 Å². The lowest BCUT2D eigenvalue weighted by molar-refractivity contribution is 0.0955. The van der Waals surface area contributed by atoms with Crippen molar-refractivity contribution in [3.05, 3.63) is 77.2 Å². The Morgan fingerprint density at radius 3 is 2.48 bits per heavy atom. The number of carbonyl (C=O) groups excluding carboxylic acids is 1. The highest BCUT2D eigenvalue weighted by molar-refractivity contribution is 5.97. The zero-order chi connectivity index (χ0) is 21.5. The molecule has 0 amide bonds. The van der Waals surface area contributed by atoms with Gasteiger partial charge in [0.1, 0.15) is 5.75 Å². The molecule has 2 heterocycles. The number of benzene rings is 2. The summed E-state index contributed by atoms with van der Waals surface area (Å²) in [7, 11) is 1.66. The van der Waals surface area contributed by atoms with Crippen molar-refractivity contribution in [2.45, 2.75) is 38.5 Å². The van der Waals surface area contributed by atoms with E-state index in [1.807, 2.05) is 47.0 Å². The number of Topliss-reactive ketones (excluding diaryl/α,β-unsaturated/α-hetero) is 1. The standard InChI is InChI=1S/C25H24N4O2/c1-15(2)23-22(16-9-5-4-6-10-16)25-27-26-24-19(29(25)28-23)13-17(14-20(24)30)18-11-7-8-12-21(18)31-3/h4-12,15,17H,13-14H2,1-3H3/t17-/m1/s1. The maximum atomic E-state index is 13.0. The molecule has 0 N–H and O–H groups in total. The van der Waals surface area contributed by atoms with Crippen molar-refractivity contribution in [1.29, 1.82) is 0 Å². The highest BCUT2D eigenvalue weighted by atomic mass is 16.5. The SMILES string of the molecule is COc1ccccc1[C@H]1CC(=O)c2nnc3c(-c4ccccc4)c(C(C)C)nn3c2C1. The van der Waals surface area contributed by atoms with E-state index in [0.717, 1.165) is 33.8 Å². The molecule has 2 aromatic heterocycles. The number of carbonyl (C=O) groups is 1. The summed E-state index contributed by atoms with van der Waals surface area (Å²) in [6.07, 6.45) is 1.04. The number of ether oxygens (including phenoxy) is 1. The van der Waals surface area contributed by atoms with Crippen LogP contribution in [-0.2, 0) is 6.42 Å². The summed E-state index contributed by atoms with van der Waals surface area (Å²) < 4.78 is 7.41. The summed E-state index contributed by atoms with van der Waals surface area (Å²) in [5.74, 6) is 1.01. The minimum atomic E-state index is -0.00517. The first-order valence-electron chi connectivity index (χ1n) is 10.6. The van der Waals surface area contributed by atoms with Gasteiger partial charge < -0.3 is 4.74 Å². The Hall–Kier alpha value is -3.54. The fourth-order valence-electron chi connectivity index (χ4n) is 4.50. The van der Waals surface area contributed by atoms with Gasteiger partial charge in [0, 0.05) is 12.3 Å². The first-order chi connectivity index (χ1) is 15.1. The minimum absolute atomic E-state index is 0.00517. The van der Waals surface area contributed by atoms with Crippen LogP contribution in [0.3, 0.4) is 0 Å². The molecule has 31 heavy (non-hydrogen) atoms. The second kappa shape index (κ2) is 7.61. The molecular weight excluding hydrogens is 388 g/mol. The molecule has 5 rings (SSSR count). The molecule has 0 fully saturated rings. The van der Waals surface area contributed by atoms with Gasteiger partial charge in [-0.3, -0.25) is 4.79 Å². The van der Waals surface area contributed by atoms with Crippen molar-refractivity contribution in [3.8, 4) is 16.9 Å². The second-order valence-electron chi connectivity index (χ2n) is 8.28. The largest absolute Gasteiger partial charge is 0.496 e. The van der Waals surface area contributed by atoms with Crippen LogP contribution in [0.15, 0.2) is 54.6 Å². The third-order valence-corrected chi connectivity index (χ3v) is 5.99. The summed E-state index contributed by atoms with van der Waals surface area (Å²) in [6, 6.07) is 18.0. The zero-order valence-corrected chi connectivity index (χ0v) is 17.9. The van der Waals surface area contributed by atoms with E-state index in [1.54, 1.807) is 7.11 Å². The average Bonchev–Trinajstić information content (AvgIpc) is 3.20. The maximum Gasteiger partial charge on any atom is 0.185 e. The van der Waals surface area contributed by atoms with Gasteiger partial charge in [-0.1, -0.05) is 62.4 Å². The third-order valence-electron chi connectivity index (χ3n) is 5.99. The molecule has 1 aliphatic carbocycles. The van der Waals surface area contributed by atoms with Crippen LogP contribution in [0.25, 0.3) is 16.8 Å². The van der Waals surface area contributed by atoms with Gasteiger partial charge in [-0.05, 0) is 29.5 Å². The Morgan fingerprint density at radius 1 is 1.00 bits per heavy atom. The lowest BCUT2D eigenvalue weighted by Gasteiger charge is -2.24. The first kappa shape index (κ1) is 19.4. The summed E-state index contributed by atoms with van der Waals surface area (Å²) in [5.41, 5.74) is 5.98. The van der Waals surface area contributed by atoms with Crippen LogP contribution in [-0.4, -0.2) is 32.7 Å². The van der Waals surface area contributed by atoms with E-state index in [0.29, 0.717) is 24.2 Å². The molecule has 0 unspecified atom stereocenters. The number of para-hydroxylation sites is 1. The molecule has 4 aromatic rings. The normalized spacial score (nSPS) is 16.0. The summed E-state index contributed by atoms with van der Waals surface area (Å²) >= 11 is 0. The number of rotatable bonds is 4. The van der Waals surface area contributed by atoms with Crippen LogP contribution >= 0.6 is 0 Å². The zero-order valence-electron chi connectivity index (χ0n) is 17.9. The van der Waals surface area contributed by atoms with Gasteiger partial charge in [-0.15, -0.1) is 10.2 Å². The van der Waals surface area contributed by atoms with Crippen molar-refractivity contribution in [2.24, 2.45) is 0 Å². The smallest absolute Gasteiger partial charge is 0.185 e.